The standard InChI is InChI=1S/C21H27N5O9S2/c1-9(2)33-21(30)35-10(3)34-19(29)15-11(6-31-4)7-36-18-14(17(28)26(15)18)24-16(27)13(25-32-5)12-8-37-20(22)23-12/h7-10,14-15,18H,6H2,1-5H3,(H2,22,23)(H,24,27)/b25-13+/t10?,14-,15?,18-/m1/s1. The number of nitrogens with one attached hydrogen (secondary N) is 1. The highest BCUT2D eigenvalue weighted by molar-refractivity contribution is 8.03. The zero-order valence-corrected chi connectivity index (χ0v) is 22.3. The van der Waals surface area contributed by atoms with E-state index in [1.165, 1.54) is 43.2 Å². The van der Waals surface area contributed by atoms with Gasteiger partial charge in [-0.05, 0) is 24.8 Å². The third-order valence-electron chi connectivity index (χ3n) is 4.93. The molecule has 2 unspecified atom stereocenters. The second-order valence-electron chi connectivity index (χ2n) is 7.98. The van der Waals surface area contributed by atoms with Gasteiger partial charge in [0.15, 0.2) is 16.9 Å². The van der Waals surface area contributed by atoms with Gasteiger partial charge in [-0.2, -0.15) is 0 Å². The summed E-state index contributed by atoms with van der Waals surface area (Å²) in [6.45, 7) is 4.67. The fourth-order valence-electron chi connectivity index (χ4n) is 3.49. The van der Waals surface area contributed by atoms with Crippen molar-refractivity contribution in [2.75, 3.05) is 26.6 Å². The summed E-state index contributed by atoms with van der Waals surface area (Å²) in [7, 11) is 2.71. The molecule has 1 fully saturated rings. The minimum absolute atomic E-state index is 0.0425. The van der Waals surface area contributed by atoms with Crippen molar-refractivity contribution in [2.45, 2.75) is 50.6 Å². The van der Waals surface area contributed by atoms with Gasteiger partial charge in [-0.1, -0.05) is 5.16 Å². The maximum Gasteiger partial charge on any atom is 0.511 e. The van der Waals surface area contributed by atoms with Gasteiger partial charge in [-0.15, -0.1) is 23.1 Å². The second-order valence-corrected chi connectivity index (χ2v) is 9.86. The topological polar surface area (TPSA) is 181 Å². The van der Waals surface area contributed by atoms with Gasteiger partial charge in [0.2, 0.25) is 12.2 Å². The van der Waals surface area contributed by atoms with Gasteiger partial charge >= 0.3 is 12.1 Å². The molecular formula is C21H27N5O9S2. The molecule has 0 bridgehead atoms. The van der Waals surface area contributed by atoms with Crippen LogP contribution in [0.5, 0.6) is 0 Å². The molecule has 1 saturated heterocycles. The number of rotatable bonds is 10. The van der Waals surface area contributed by atoms with E-state index in [0.717, 1.165) is 11.3 Å². The molecule has 1 aromatic heterocycles. The zero-order valence-electron chi connectivity index (χ0n) is 20.7. The number of methoxy groups -OCH3 is 1. The number of esters is 1. The largest absolute Gasteiger partial charge is 0.511 e. The molecule has 1 aromatic rings. The van der Waals surface area contributed by atoms with Crippen LogP contribution in [0.1, 0.15) is 26.5 Å². The Labute approximate surface area is 220 Å². The fraction of sp³-hybridized carbons (Fsp3) is 0.524. The molecule has 37 heavy (non-hydrogen) atoms. The number of β-lactam (4-membered cyclic amide) rings is 1. The lowest BCUT2D eigenvalue weighted by Gasteiger charge is -2.51. The molecule has 0 aromatic carbocycles. The van der Waals surface area contributed by atoms with Gasteiger partial charge in [0.05, 0.1) is 12.7 Å². The molecule has 3 heterocycles. The number of hydrogen-bond donors (Lipinski definition) is 2. The number of nitrogen functional groups attached to an aromatic ring is 1. The second kappa shape index (κ2) is 12.2. The summed E-state index contributed by atoms with van der Waals surface area (Å²) >= 11 is 2.34. The van der Waals surface area contributed by atoms with E-state index < -0.39 is 53.8 Å². The number of nitrogens with zero attached hydrogens (tertiary/aromatic N) is 3. The van der Waals surface area contributed by atoms with Gasteiger partial charge in [-0.3, -0.25) is 9.59 Å². The number of nitrogens with two attached hydrogens (primary N) is 1. The smallest absolute Gasteiger partial charge is 0.431 e. The van der Waals surface area contributed by atoms with Crippen molar-refractivity contribution in [1.82, 2.24) is 15.2 Å². The van der Waals surface area contributed by atoms with Gasteiger partial charge < -0.3 is 39.7 Å². The maximum atomic E-state index is 13.1. The molecule has 2 aliphatic heterocycles. The molecule has 2 amide bonds. The molecule has 2 aliphatic rings. The Bertz CT molecular complexity index is 1110. The third kappa shape index (κ3) is 6.50. The van der Waals surface area contributed by atoms with Crippen molar-refractivity contribution in [3.8, 4) is 0 Å². The van der Waals surface area contributed by atoms with E-state index in [1.807, 2.05) is 0 Å². The van der Waals surface area contributed by atoms with E-state index in [0.29, 0.717) is 5.57 Å². The molecule has 0 radical (unpaired) electrons. The van der Waals surface area contributed by atoms with Crippen LogP contribution in [0.25, 0.3) is 0 Å². The first-order chi connectivity index (χ1) is 17.6. The van der Waals surface area contributed by atoms with Crippen LogP contribution in [-0.4, -0.2) is 90.2 Å². The van der Waals surface area contributed by atoms with E-state index in [1.54, 1.807) is 19.3 Å². The van der Waals surface area contributed by atoms with Crippen LogP contribution >= 0.6 is 23.1 Å². The summed E-state index contributed by atoms with van der Waals surface area (Å²) in [6.07, 6.45) is -2.70. The number of thioether (sulfide) groups is 1. The van der Waals surface area contributed by atoms with Crippen LogP contribution in [0.2, 0.25) is 0 Å². The number of carbonyl (C=O) groups is 4. The van der Waals surface area contributed by atoms with Crippen LogP contribution < -0.4 is 11.1 Å². The van der Waals surface area contributed by atoms with Crippen LogP contribution in [0.3, 0.4) is 0 Å². The molecule has 0 saturated carbocycles. The van der Waals surface area contributed by atoms with Crippen molar-refractivity contribution in [2.24, 2.45) is 5.16 Å². The van der Waals surface area contributed by atoms with E-state index >= 15 is 0 Å². The Balaban J connectivity index is 1.73. The average Bonchev–Trinajstić information content (AvgIpc) is 3.25. The zero-order chi connectivity index (χ0) is 27.3. The van der Waals surface area contributed by atoms with Crippen molar-refractivity contribution >= 4 is 57.9 Å². The molecule has 202 valence electrons. The summed E-state index contributed by atoms with van der Waals surface area (Å²) in [4.78, 5) is 60.8. The fourth-order valence-corrected chi connectivity index (χ4v) is 5.25. The number of oxime groups is 1. The number of hydrogen-bond acceptors (Lipinski definition) is 14. The number of thiazole rings is 1. The minimum atomic E-state index is -1.28. The van der Waals surface area contributed by atoms with E-state index in [-0.39, 0.29) is 23.1 Å². The molecule has 0 aliphatic carbocycles. The number of fused-ring (bicyclic) bond motifs is 1. The van der Waals surface area contributed by atoms with Crippen molar-refractivity contribution < 1.29 is 43.0 Å². The maximum absolute atomic E-state index is 13.1. The Kier molecular flexibility index (Phi) is 9.34. The third-order valence-corrected chi connectivity index (χ3v) is 6.82. The molecule has 3 N–H and O–H groups in total. The van der Waals surface area contributed by atoms with Crippen molar-refractivity contribution in [1.29, 1.82) is 0 Å². The highest BCUT2D eigenvalue weighted by Gasteiger charge is 2.56. The highest BCUT2D eigenvalue weighted by atomic mass is 32.2. The summed E-state index contributed by atoms with van der Waals surface area (Å²) in [5.74, 6) is -2.07. The minimum Gasteiger partial charge on any atom is -0.431 e. The van der Waals surface area contributed by atoms with Crippen LogP contribution in [0.4, 0.5) is 9.93 Å². The van der Waals surface area contributed by atoms with Crippen molar-refractivity contribution in [3.63, 3.8) is 0 Å². The first-order valence-corrected chi connectivity index (χ1v) is 12.8. The van der Waals surface area contributed by atoms with Crippen LogP contribution in [0.15, 0.2) is 21.5 Å². The van der Waals surface area contributed by atoms with Gasteiger partial charge in [-0.25, -0.2) is 14.6 Å². The normalized spacial score (nSPS) is 21.8. The van der Waals surface area contributed by atoms with E-state index in [4.69, 9.17) is 29.5 Å². The van der Waals surface area contributed by atoms with Gasteiger partial charge in [0.25, 0.3) is 5.91 Å². The van der Waals surface area contributed by atoms with Gasteiger partial charge in [0.1, 0.15) is 24.2 Å². The average molecular weight is 558 g/mol. The first kappa shape index (κ1) is 28.2. The lowest BCUT2D eigenvalue weighted by molar-refractivity contribution is -0.179. The van der Waals surface area contributed by atoms with Gasteiger partial charge in [0, 0.05) is 19.4 Å². The number of carbonyl (C=O) groups excluding carboxylic acids is 4. The first-order valence-electron chi connectivity index (χ1n) is 10.9. The van der Waals surface area contributed by atoms with Crippen LogP contribution in [0, 0.1) is 0 Å². The number of amides is 2. The lowest BCUT2D eigenvalue weighted by atomic mass is 9.98. The predicted molar refractivity (Wildman–Crippen MR) is 132 cm³/mol. The highest BCUT2D eigenvalue weighted by Crippen LogP contribution is 2.40. The predicted octanol–water partition coefficient (Wildman–Crippen LogP) is 0.825. The summed E-state index contributed by atoms with van der Waals surface area (Å²) < 4.78 is 20.2. The van der Waals surface area contributed by atoms with Crippen molar-refractivity contribution in [3.05, 3.63) is 22.1 Å². The molecular weight excluding hydrogens is 530 g/mol. The summed E-state index contributed by atoms with van der Waals surface area (Å²) in [5, 5.41) is 9.13. The Morgan fingerprint density at radius 3 is 2.54 bits per heavy atom. The quantitative estimate of drug-likeness (QED) is 0.136. The number of ether oxygens (including phenoxy) is 4. The molecule has 4 atom stereocenters. The molecule has 0 spiro atoms. The Morgan fingerprint density at radius 1 is 1.22 bits per heavy atom. The molecule has 14 nitrogen and oxygen atoms in total. The summed E-state index contributed by atoms with van der Waals surface area (Å²) in [5.41, 5.74) is 6.14. The molecule has 16 heteroatoms. The number of anilines is 1. The SMILES string of the molecule is COCC1=CS[C@@H]2[C@H](NC(=O)/C(=N/OC)c3csc(N)n3)C(=O)N2C1C(=O)OC(C)OC(=O)OC(C)C. The Morgan fingerprint density at radius 2 is 1.95 bits per heavy atom. The summed E-state index contributed by atoms with van der Waals surface area (Å²) in [6, 6.07) is -2.12. The number of aromatic nitrogens is 1. The lowest BCUT2D eigenvalue weighted by Crippen LogP contribution is -2.74. The van der Waals surface area contributed by atoms with E-state index in [9.17, 15) is 19.2 Å². The van der Waals surface area contributed by atoms with Crippen LogP contribution in [-0.2, 0) is 38.2 Å². The monoisotopic (exact) mass is 557 g/mol. The Hall–Kier alpha value is -3.37. The van der Waals surface area contributed by atoms with E-state index in [2.05, 4.69) is 15.5 Å². The molecule has 3 rings (SSSR count).